The molecule has 7 heteroatoms. The van der Waals surface area contributed by atoms with Crippen molar-refractivity contribution in [2.45, 2.75) is 91.0 Å². The van der Waals surface area contributed by atoms with E-state index in [4.69, 9.17) is 9.47 Å². The summed E-state index contributed by atoms with van der Waals surface area (Å²) in [5.74, 6) is -1.14. The fraction of sp³-hybridized carbons (Fsp3) is 0.696. The molecular formula is C23H37NO5S. The number of nitrogens with one attached hydrogen (secondary N) is 1. The highest BCUT2D eigenvalue weighted by Crippen LogP contribution is 2.24. The molecule has 0 unspecified atom stereocenters. The molecule has 0 atom stereocenters. The summed E-state index contributed by atoms with van der Waals surface area (Å²) >= 11 is 1.78. The van der Waals surface area contributed by atoms with Crippen LogP contribution in [0.25, 0.3) is 0 Å². The lowest BCUT2D eigenvalue weighted by molar-refractivity contribution is -0.150. The number of ether oxygens (including phenoxy) is 2. The van der Waals surface area contributed by atoms with Crippen LogP contribution in [0, 0.1) is 0 Å². The highest BCUT2D eigenvalue weighted by molar-refractivity contribution is 7.11. The molecule has 6 nitrogen and oxygen atoms in total. The zero-order valence-corrected chi connectivity index (χ0v) is 19.7. The summed E-state index contributed by atoms with van der Waals surface area (Å²) in [6.07, 6.45) is 9.98. The van der Waals surface area contributed by atoms with Crippen LogP contribution < -0.4 is 5.32 Å². The molecule has 170 valence electrons. The van der Waals surface area contributed by atoms with E-state index >= 15 is 0 Å². The maximum absolute atomic E-state index is 11.8. The number of amides is 1. The number of aryl methyl sites for hydroxylation is 2. The van der Waals surface area contributed by atoms with Gasteiger partial charge in [0, 0.05) is 30.5 Å². The highest BCUT2D eigenvalue weighted by Gasteiger charge is 2.34. The van der Waals surface area contributed by atoms with Crippen molar-refractivity contribution in [3.8, 4) is 0 Å². The Kier molecular flexibility index (Phi) is 12.4. The second-order valence-corrected chi connectivity index (χ2v) is 9.16. The van der Waals surface area contributed by atoms with Crippen LogP contribution in [0.2, 0.25) is 0 Å². The molecule has 0 fully saturated rings. The number of hydrogen-bond donors (Lipinski definition) is 1. The van der Waals surface area contributed by atoms with Crippen molar-refractivity contribution in [3.63, 3.8) is 0 Å². The Morgan fingerprint density at radius 1 is 0.867 bits per heavy atom. The van der Waals surface area contributed by atoms with Crippen LogP contribution >= 0.6 is 11.3 Å². The van der Waals surface area contributed by atoms with Crippen LogP contribution in [0.5, 0.6) is 0 Å². The molecule has 0 bridgehead atoms. The van der Waals surface area contributed by atoms with E-state index in [0.717, 1.165) is 6.42 Å². The quantitative estimate of drug-likeness (QED) is 0.319. The van der Waals surface area contributed by atoms with Crippen molar-refractivity contribution in [1.82, 2.24) is 5.32 Å². The molecule has 0 aromatic carbocycles. The molecule has 30 heavy (non-hydrogen) atoms. The maximum Gasteiger partial charge on any atom is 0.302 e. The van der Waals surface area contributed by atoms with Crippen molar-refractivity contribution in [1.29, 1.82) is 0 Å². The summed E-state index contributed by atoms with van der Waals surface area (Å²) in [6.45, 7) is 6.19. The molecule has 0 spiro atoms. The lowest BCUT2D eigenvalue weighted by atomic mass is 9.94. The lowest BCUT2D eigenvalue weighted by Gasteiger charge is -2.33. The van der Waals surface area contributed by atoms with Gasteiger partial charge >= 0.3 is 11.9 Å². The van der Waals surface area contributed by atoms with Gasteiger partial charge in [0.25, 0.3) is 0 Å². The first-order valence-corrected chi connectivity index (χ1v) is 11.7. The second-order valence-electron chi connectivity index (χ2n) is 7.91. The molecule has 0 aliphatic heterocycles. The first-order chi connectivity index (χ1) is 14.3. The van der Waals surface area contributed by atoms with Gasteiger partial charge in [0.2, 0.25) is 5.91 Å². The number of unbranched alkanes of at least 4 members (excludes halogenated alkanes) is 5. The summed E-state index contributed by atoms with van der Waals surface area (Å²) in [7, 11) is 0. The number of carbonyl (C=O) groups is 3. The molecule has 0 aliphatic rings. The zero-order valence-electron chi connectivity index (χ0n) is 18.9. The van der Waals surface area contributed by atoms with Crippen molar-refractivity contribution in [2.24, 2.45) is 0 Å². The van der Waals surface area contributed by atoms with Crippen LogP contribution in [0.15, 0.2) is 12.1 Å². The van der Waals surface area contributed by atoms with Gasteiger partial charge in [0.15, 0.2) is 0 Å². The highest BCUT2D eigenvalue weighted by atomic mass is 32.1. The number of carbonyl (C=O) groups excluding carboxylic acids is 3. The molecule has 1 amide bonds. The van der Waals surface area contributed by atoms with E-state index in [2.05, 4.69) is 24.4 Å². The van der Waals surface area contributed by atoms with Crippen molar-refractivity contribution in [3.05, 3.63) is 21.9 Å². The summed E-state index contributed by atoms with van der Waals surface area (Å²) in [5.41, 5.74) is -0.938. The molecule has 1 N–H and O–H groups in total. The zero-order chi connectivity index (χ0) is 22.4. The molecule has 0 saturated heterocycles. The van der Waals surface area contributed by atoms with E-state index in [1.165, 1.54) is 69.1 Å². The fourth-order valence-electron chi connectivity index (χ4n) is 3.31. The van der Waals surface area contributed by atoms with Crippen LogP contribution in [0.1, 0.15) is 82.4 Å². The van der Waals surface area contributed by atoms with Gasteiger partial charge in [-0.25, -0.2) is 0 Å². The topological polar surface area (TPSA) is 81.7 Å². The number of esters is 2. The third-order valence-electron chi connectivity index (χ3n) is 4.89. The molecule has 0 radical (unpaired) electrons. The lowest BCUT2D eigenvalue weighted by Crippen LogP contribution is -2.55. The maximum atomic E-state index is 11.8. The Balaban J connectivity index is 2.67. The van der Waals surface area contributed by atoms with Crippen LogP contribution in [-0.2, 0) is 36.7 Å². The Hall–Kier alpha value is -1.89. The van der Waals surface area contributed by atoms with Gasteiger partial charge in [-0.1, -0.05) is 39.0 Å². The average molecular weight is 440 g/mol. The molecule has 1 rings (SSSR count). The molecule has 0 saturated carbocycles. The summed E-state index contributed by atoms with van der Waals surface area (Å²) < 4.78 is 10.4. The van der Waals surface area contributed by atoms with E-state index in [1.54, 1.807) is 11.3 Å². The van der Waals surface area contributed by atoms with E-state index < -0.39 is 17.5 Å². The number of rotatable bonds is 15. The van der Waals surface area contributed by atoms with Gasteiger partial charge in [-0.05, 0) is 37.8 Å². The number of hydrogen-bond acceptors (Lipinski definition) is 6. The van der Waals surface area contributed by atoms with E-state index in [9.17, 15) is 14.4 Å². The second kappa shape index (κ2) is 14.2. The molecule has 1 aromatic heterocycles. The third kappa shape index (κ3) is 11.3. The monoisotopic (exact) mass is 439 g/mol. The normalized spacial score (nSPS) is 11.2. The van der Waals surface area contributed by atoms with Crippen LogP contribution in [-0.4, -0.2) is 36.6 Å². The minimum absolute atomic E-state index is 0.0365. The van der Waals surface area contributed by atoms with Gasteiger partial charge < -0.3 is 14.8 Å². The van der Waals surface area contributed by atoms with Crippen molar-refractivity contribution < 1.29 is 23.9 Å². The Morgan fingerprint density at radius 2 is 1.40 bits per heavy atom. The third-order valence-corrected chi connectivity index (χ3v) is 6.09. The summed E-state index contributed by atoms with van der Waals surface area (Å²) in [4.78, 5) is 37.0. The van der Waals surface area contributed by atoms with Crippen LogP contribution in [0.4, 0.5) is 0 Å². The van der Waals surface area contributed by atoms with Gasteiger partial charge in [-0.2, -0.15) is 0 Å². The Morgan fingerprint density at radius 3 is 1.93 bits per heavy atom. The van der Waals surface area contributed by atoms with E-state index in [1.807, 2.05) is 0 Å². The molecular weight excluding hydrogens is 402 g/mol. The van der Waals surface area contributed by atoms with Crippen molar-refractivity contribution in [2.75, 3.05) is 13.2 Å². The Labute approximate surface area is 184 Å². The number of thiophene rings is 1. The van der Waals surface area contributed by atoms with Gasteiger partial charge in [0.05, 0.1) is 0 Å². The largest absolute Gasteiger partial charge is 0.463 e. The van der Waals surface area contributed by atoms with E-state index in [0.29, 0.717) is 12.8 Å². The average Bonchev–Trinajstić information content (AvgIpc) is 3.13. The fourth-order valence-corrected chi connectivity index (χ4v) is 4.37. The van der Waals surface area contributed by atoms with Gasteiger partial charge in [-0.3, -0.25) is 14.4 Å². The van der Waals surface area contributed by atoms with Gasteiger partial charge in [-0.15, -0.1) is 11.3 Å². The molecule has 0 aliphatic carbocycles. The van der Waals surface area contributed by atoms with E-state index in [-0.39, 0.29) is 19.1 Å². The van der Waals surface area contributed by atoms with Gasteiger partial charge in [0.1, 0.15) is 18.8 Å². The predicted molar refractivity (Wildman–Crippen MR) is 120 cm³/mol. The smallest absolute Gasteiger partial charge is 0.302 e. The minimum atomic E-state index is -0.938. The first kappa shape index (κ1) is 26.1. The summed E-state index contributed by atoms with van der Waals surface area (Å²) in [5, 5.41) is 2.85. The van der Waals surface area contributed by atoms with Crippen LogP contribution in [0.3, 0.4) is 0 Å². The predicted octanol–water partition coefficient (Wildman–Crippen LogP) is 4.58. The standard InChI is InChI=1S/C23H37NO5S/c1-5-6-7-8-9-10-11-21-12-13-22(30-21)14-15-23(24-18(2)25,16-28-19(3)26)17-29-20(4)27/h12-13H,5-11,14-17H2,1-4H3,(H,24,25). The molecule has 1 heterocycles. The first-order valence-electron chi connectivity index (χ1n) is 10.9. The van der Waals surface area contributed by atoms with Crippen molar-refractivity contribution >= 4 is 29.2 Å². The summed E-state index contributed by atoms with van der Waals surface area (Å²) in [6, 6.07) is 4.29. The Bertz CT molecular complexity index is 652. The molecule has 1 aromatic rings. The SMILES string of the molecule is CCCCCCCCc1ccc(CCC(COC(C)=O)(COC(C)=O)NC(C)=O)s1. The minimum Gasteiger partial charge on any atom is -0.463 e.